The quantitative estimate of drug-likeness (QED) is 0.744. The third-order valence-electron chi connectivity index (χ3n) is 4.82. The average Bonchev–Trinajstić information content (AvgIpc) is 2.59. The molecule has 0 saturated carbocycles. The molecule has 1 N–H and O–H groups in total. The van der Waals surface area contributed by atoms with E-state index in [1.54, 1.807) is 0 Å². The van der Waals surface area contributed by atoms with Crippen LogP contribution in [0.5, 0.6) is 0 Å². The Morgan fingerprint density at radius 1 is 1.25 bits per heavy atom. The molecule has 4 nitrogen and oxygen atoms in total. The molecule has 1 aliphatic heterocycles. The molecular formula is C20H33N3O. The van der Waals surface area contributed by atoms with Gasteiger partial charge in [-0.25, -0.2) is 0 Å². The first-order valence-electron chi connectivity index (χ1n) is 9.40. The van der Waals surface area contributed by atoms with Crippen molar-refractivity contribution in [1.82, 2.24) is 10.2 Å². The maximum Gasteiger partial charge on any atom is 0.237 e. The molecule has 1 aromatic rings. The molecule has 0 bridgehead atoms. The van der Waals surface area contributed by atoms with Crippen molar-refractivity contribution in [2.45, 2.75) is 51.5 Å². The number of hydrogen-bond acceptors (Lipinski definition) is 3. The molecule has 1 fully saturated rings. The molecular weight excluding hydrogens is 298 g/mol. The largest absolute Gasteiger partial charge is 0.378 e. The number of likely N-dealkylation sites (tertiary alicyclic amines) is 1. The number of carbonyl (C=O) groups is 1. The van der Waals surface area contributed by atoms with Crippen LogP contribution in [0.4, 0.5) is 5.69 Å². The second-order valence-corrected chi connectivity index (χ2v) is 7.00. The fourth-order valence-corrected chi connectivity index (χ4v) is 3.43. The van der Waals surface area contributed by atoms with Gasteiger partial charge in [0.25, 0.3) is 0 Å². The number of piperidine rings is 1. The molecule has 0 spiro atoms. The smallest absolute Gasteiger partial charge is 0.237 e. The summed E-state index contributed by atoms with van der Waals surface area (Å²) in [5.74, 6) is 0.228. The van der Waals surface area contributed by atoms with E-state index in [0.717, 1.165) is 45.3 Å². The lowest BCUT2D eigenvalue weighted by Crippen LogP contribution is -2.49. The van der Waals surface area contributed by atoms with E-state index in [1.807, 2.05) is 0 Å². The molecule has 0 aromatic heterocycles. The van der Waals surface area contributed by atoms with Crippen molar-refractivity contribution < 1.29 is 4.79 Å². The Morgan fingerprint density at radius 2 is 2.00 bits per heavy atom. The second kappa shape index (κ2) is 9.67. The van der Waals surface area contributed by atoms with E-state index in [4.69, 9.17) is 0 Å². The highest BCUT2D eigenvalue weighted by molar-refractivity contribution is 5.81. The maximum atomic E-state index is 12.5. The molecule has 1 heterocycles. The second-order valence-electron chi connectivity index (χ2n) is 7.00. The number of nitrogens with zero attached hydrogens (tertiary/aromatic N) is 2. The lowest BCUT2D eigenvalue weighted by atomic mass is 10.0. The molecule has 0 radical (unpaired) electrons. The van der Waals surface area contributed by atoms with Gasteiger partial charge in [-0.2, -0.15) is 0 Å². The van der Waals surface area contributed by atoms with Gasteiger partial charge in [0.1, 0.15) is 0 Å². The van der Waals surface area contributed by atoms with E-state index >= 15 is 0 Å². The van der Waals surface area contributed by atoms with E-state index in [2.05, 4.69) is 60.4 Å². The van der Waals surface area contributed by atoms with Gasteiger partial charge in [-0.1, -0.05) is 25.5 Å². The number of hydrogen-bond donors (Lipinski definition) is 1. The third-order valence-corrected chi connectivity index (χ3v) is 4.82. The number of amides is 1. The SMILES string of the molecule is CCCN1CCCCC1C(=O)NCCCc1ccc(N(C)C)cc1. The molecule has 1 aromatic carbocycles. The number of benzene rings is 1. The van der Waals surface area contributed by atoms with Crippen LogP contribution in [-0.4, -0.2) is 50.6 Å². The molecule has 134 valence electrons. The zero-order chi connectivity index (χ0) is 17.4. The fourth-order valence-electron chi connectivity index (χ4n) is 3.43. The van der Waals surface area contributed by atoms with Crippen molar-refractivity contribution in [3.8, 4) is 0 Å². The highest BCUT2D eigenvalue weighted by atomic mass is 16.2. The first kappa shape index (κ1) is 18.8. The van der Waals surface area contributed by atoms with Crippen LogP contribution in [0.25, 0.3) is 0 Å². The highest BCUT2D eigenvalue weighted by Gasteiger charge is 2.27. The first-order chi connectivity index (χ1) is 11.6. The predicted molar refractivity (Wildman–Crippen MR) is 102 cm³/mol. The molecule has 1 aliphatic rings. The zero-order valence-corrected chi connectivity index (χ0v) is 15.6. The Kier molecular flexibility index (Phi) is 7.57. The monoisotopic (exact) mass is 331 g/mol. The van der Waals surface area contributed by atoms with Gasteiger partial charge in [0.2, 0.25) is 5.91 Å². The van der Waals surface area contributed by atoms with Gasteiger partial charge in [-0.3, -0.25) is 9.69 Å². The number of anilines is 1. The summed E-state index contributed by atoms with van der Waals surface area (Å²) in [7, 11) is 4.11. The first-order valence-corrected chi connectivity index (χ1v) is 9.40. The summed E-state index contributed by atoms with van der Waals surface area (Å²) in [5, 5.41) is 3.15. The molecule has 1 saturated heterocycles. The lowest BCUT2D eigenvalue weighted by molar-refractivity contribution is -0.127. The van der Waals surface area contributed by atoms with E-state index < -0.39 is 0 Å². The van der Waals surface area contributed by atoms with Crippen molar-refractivity contribution in [3.63, 3.8) is 0 Å². The summed E-state index contributed by atoms with van der Waals surface area (Å²) in [4.78, 5) is 16.9. The number of aryl methyl sites for hydroxylation is 1. The Bertz CT molecular complexity index is 496. The third kappa shape index (κ3) is 5.52. The number of carbonyl (C=O) groups excluding carboxylic acids is 1. The van der Waals surface area contributed by atoms with Gasteiger partial charge in [0, 0.05) is 26.3 Å². The van der Waals surface area contributed by atoms with Crippen molar-refractivity contribution in [1.29, 1.82) is 0 Å². The van der Waals surface area contributed by atoms with Gasteiger partial charge in [-0.05, 0) is 62.9 Å². The lowest BCUT2D eigenvalue weighted by Gasteiger charge is -2.34. The number of nitrogens with one attached hydrogen (secondary N) is 1. The van der Waals surface area contributed by atoms with Crippen molar-refractivity contribution in [2.24, 2.45) is 0 Å². The van der Waals surface area contributed by atoms with E-state index in [0.29, 0.717) is 0 Å². The summed E-state index contributed by atoms with van der Waals surface area (Å²) in [6.45, 7) is 5.07. The van der Waals surface area contributed by atoms with Crippen LogP contribution in [0, 0.1) is 0 Å². The summed E-state index contributed by atoms with van der Waals surface area (Å²) >= 11 is 0. The molecule has 1 amide bonds. The molecule has 0 aliphatic carbocycles. The summed E-state index contributed by atoms with van der Waals surface area (Å²) < 4.78 is 0. The van der Waals surface area contributed by atoms with Gasteiger partial charge in [0.15, 0.2) is 0 Å². The van der Waals surface area contributed by atoms with Gasteiger partial charge in [0.05, 0.1) is 6.04 Å². The van der Waals surface area contributed by atoms with Crippen LogP contribution in [0.3, 0.4) is 0 Å². The highest BCUT2D eigenvalue weighted by Crippen LogP contribution is 2.17. The maximum absolute atomic E-state index is 12.5. The summed E-state index contributed by atoms with van der Waals surface area (Å²) in [6.07, 6.45) is 6.54. The molecule has 24 heavy (non-hydrogen) atoms. The summed E-state index contributed by atoms with van der Waals surface area (Å²) in [5.41, 5.74) is 2.56. The van der Waals surface area contributed by atoms with E-state index in [1.165, 1.54) is 24.1 Å². The van der Waals surface area contributed by atoms with Crippen LogP contribution in [-0.2, 0) is 11.2 Å². The molecule has 1 unspecified atom stereocenters. The molecule has 4 heteroatoms. The Hall–Kier alpha value is -1.55. The van der Waals surface area contributed by atoms with Crippen LogP contribution in [0.1, 0.15) is 44.6 Å². The van der Waals surface area contributed by atoms with E-state index in [9.17, 15) is 4.79 Å². The minimum Gasteiger partial charge on any atom is -0.378 e. The van der Waals surface area contributed by atoms with Crippen LogP contribution in [0.2, 0.25) is 0 Å². The van der Waals surface area contributed by atoms with Crippen LogP contribution < -0.4 is 10.2 Å². The van der Waals surface area contributed by atoms with Gasteiger partial charge < -0.3 is 10.2 Å². The average molecular weight is 332 g/mol. The Balaban J connectivity index is 1.72. The Labute approximate surface area is 147 Å². The van der Waals surface area contributed by atoms with Crippen LogP contribution >= 0.6 is 0 Å². The predicted octanol–water partition coefficient (Wildman–Crippen LogP) is 3.07. The topological polar surface area (TPSA) is 35.6 Å². The van der Waals surface area contributed by atoms with E-state index in [-0.39, 0.29) is 11.9 Å². The standard InChI is InChI=1S/C20H33N3O/c1-4-15-23-16-6-5-9-19(23)20(24)21-14-7-8-17-10-12-18(13-11-17)22(2)3/h10-13,19H,4-9,14-16H2,1-3H3,(H,21,24). The van der Waals surface area contributed by atoms with Gasteiger partial charge in [-0.15, -0.1) is 0 Å². The van der Waals surface area contributed by atoms with Crippen molar-refractivity contribution >= 4 is 11.6 Å². The normalized spacial score (nSPS) is 18.4. The number of rotatable bonds is 8. The van der Waals surface area contributed by atoms with Gasteiger partial charge >= 0.3 is 0 Å². The Morgan fingerprint density at radius 3 is 2.67 bits per heavy atom. The van der Waals surface area contributed by atoms with Crippen molar-refractivity contribution in [2.75, 3.05) is 38.6 Å². The molecule has 1 atom stereocenters. The van der Waals surface area contributed by atoms with Crippen LogP contribution in [0.15, 0.2) is 24.3 Å². The fraction of sp³-hybridized carbons (Fsp3) is 0.650. The summed E-state index contributed by atoms with van der Waals surface area (Å²) in [6, 6.07) is 8.76. The minimum absolute atomic E-state index is 0.0954. The minimum atomic E-state index is 0.0954. The van der Waals surface area contributed by atoms with Crippen molar-refractivity contribution in [3.05, 3.63) is 29.8 Å². The molecule has 2 rings (SSSR count). The zero-order valence-electron chi connectivity index (χ0n) is 15.6.